The first-order valence-corrected chi connectivity index (χ1v) is 8.31. The largest absolute Gasteiger partial charge is 0.396 e. The summed E-state index contributed by atoms with van der Waals surface area (Å²) in [6.45, 7) is 4.78. The lowest BCUT2D eigenvalue weighted by atomic mass is 10.2. The molecule has 1 aliphatic carbocycles. The molecule has 114 valence electrons. The number of amides is 1. The Kier molecular flexibility index (Phi) is 5.07. The van der Waals surface area contributed by atoms with Gasteiger partial charge in [0, 0.05) is 12.6 Å². The van der Waals surface area contributed by atoms with Gasteiger partial charge < -0.3 is 16.4 Å². The fourth-order valence-corrected chi connectivity index (χ4v) is 3.48. The minimum absolute atomic E-state index is 0.190. The van der Waals surface area contributed by atoms with Gasteiger partial charge >= 0.3 is 0 Å². The first kappa shape index (κ1) is 15.6. The number of thiophene rings is 1. The lowest BCUT2D eigenvalue weighted by Gasteiger charge is -2.02. The summed E-state index contributed by atoms with van der Waals surface area (Å²) in [5.74, 6) is 0.493. The molecule has 1 aromatic heterocycles. The molecule has 0 radical (unpaired) electrons. The Morgan fingerprint density at radius 1 is 1.48 bits per heavy atom. The van der Waals surface area contributed by atoms with Gasteiger partial charge in [0.05, 0.1) is 5.69 Å². The molecule has 1 heterocycles. The molecule has 1 fully saturated rings. The highest BCUT2D eigenvalue weighted by atomic mass is 32.1. The number of nitriles is 1. The van der Waals surface area contributed by atoms with E-state index in [2.05, 4.69) is 23.6 Å². The van der Waals surface area contributed by atoms with E-state index in [9.17, 15) is 10.1 Å². The van der Waals surface area contributed by atoms with E-state index in [4.69, 9.17) is 5.73 Å². The topological polar surface area (TPSA) is 90.9 Å². The van der Waals surface area contributed by atoms with Crippen molar-refractivity contribution in [3.05, 3.63) is 10.4 Å². The maximum atomic E-state index is 12.1. The highest BCUT2D eigenvalue weighted by molar-refractivity contribution is 7.19. The van der Waals surface area contributed by atoms with Crippen molar-refractivity contribution in [1.29, 1.82) is 5.26 Å². The molecule has 2 rings (SSSR count). The van der Waals surface area contributed by atoms with Gasteiger partial charge in [0.15, 0.2) is 0 Å². The third-order valence-electron chi connectivity index (χ3n) is 3.70. The van der Waals surface area contributed by atoms with Crippen LogP contribution in [0.1, 0.15) is 54.8 Å². The number of carbonyl (C=O) groups excluding carboxylic acids is 1. The maximum Gasteiger partial charge on any atom is 0.263 e. The quantitative estimate of drug-likeness (QED) is 0.722. The molecule has 4 N–H and O–H groups in total. The smallest absolute Gasteiger partial charge is 0.263 e. The second-order valence-electron chi connectivity index (χ2n) is 5.45. The number of nitrogens with zero attached hydrogens (tertiary/aromatic N) is 1. The van der Waals surface area contributed by atoms with E-state index in [1.807, 2.05) is 6.92 Å². The van der Waals surface area contributed by atoms with Crippen molar-refractivity contribution in [2.75, 3.05) is 17.6 Å². The second kappa shape index (κ2) is 6.81. The molecule has 1 saturated carbocycles. The molecule has 1 aliphatic rings. The molecule has 5 nitrogen and oxygen atoms in total. The Balaban J connectivity index is 2.11. The van der Waals surface area contributed by atoms with Gasteiger partial charge in [0.25, 0.3) is 5.91 Å². The molecular formula is C15H22N4OS. The molecule has 0 aliphatic heterocycles. The number of nitrogens with two attached hydrogens (primary N) is 1. The molecule has 0 saturated heterocycles. The number of hydrogen-bond acceptors (Lipinski definition) is 5. The monoisotopic (exact) mass is 306 g/mol. The van der Waals surface area contributed by atoms with Crippen molar-refractivity contribution in [2.24, 2.45) is 5.92 Å². The molecule has 2 atom stereocenters. The summed E-state index contributed by atoms with van der Waals surface area (Å²) in [6, 6.07) is 2.54. The zero-order valence-corrected chi connectivity index (χ0v) is 13.3. The highest BCUT2D eigenvalue weighted by Crippen LogP contribution is 2.42. The minimum atomic E-state index is -0.190. The second-order valence-corrected chi connectivity index (χ2v) is 6.47. The van der Waals surface area contributed by atoms with E-state index in [0.717, 1.165) is 17.8 Å². The van der Waals surface area contributed by atoms with E-state index < -0.39 is 0 Å². The Morgan fingerprint density at radius 3 is 2.86 bits per heavy atom. The van der Waals surface area contributed by atoms with Gasteiger partial charge in [-0.25, -0.2) is 0 Å². The average molecular weight is 306 g/mol. The van der Waals surface area contributed by atoms with E-state index in [1.165, 1.54) is 24.2 Å². The zero-order valence-electron chi connectivity index (χ0n) is 12.5. The van der Waals surface area contributed by atoms with E-state index in [0.29, 0.717) is 34.6 Å². The van der Waals surface area contributed by atoms with Crippen LogP contribution in [0, 0.1) is 17.2 Å². The predicted octanol–water partition coefficient (Wildman–Crippen LogP) is 2.94. The van der Waals surface area contributed by atoms with E-state index in [1.54, 1.807) is 0 Å². The van der Waals surface area contributed by atoms with Gasteiger partial charge in [0.1, 0.15) is 21.5 Å². The standard InChI is InChI=1S/C15H22N4OS/c1-3-5-9-7-11(9)19-15-10(8-16)12(17)13(21-15)14(20)18-6-4-2/h9,11,19H,3-7,17H2,1-2H3,(H,18,20). The first-order valence-electron chi connectivity index (χ1n) is 7.49. The molecule has 1 amide bonds. The number of rotatable bonds is 7. The zero-order chi connectivity index (χ0) is 15.4. The summed E-state index contributed by atoms with van der Waals surface area (Å²) in [7, 11) is 0. The summed E-state index contributed by atoms with van der Waals surface area (Å²) in [4.78, 5) is 12.5. The fraction of sp³-hybridized carbons (Fsp3) is 0.600. The van der Waals surface area contributed by atoms with Gasteiger partial charge in [0.2, 0.25) is 0 Å². The Hall–Kier alpha value is -1.74. The van der Waals surface area contributed by atoms with Gasteiger partial charge in [-0.15, -0.1) is 11.3 Å². The van der Waals surface area contributed by atoms with Crippen molar-refractivity contribution in [3.63, 3.8) is 0 Å². The number of hydrogen-bond donors (Lipinski definition) is 3. The maximum absolute atomic E-state index is 12.1. The molecular weight excluding hydrogens is 284 g/mol. The first-order chi connectivity index (χ1) is 10.1. The van der Waals surface area contributed by atoms with Gasteiger partial charge in [-0.05, 0) is 25.2 Å². The molecule has 0 bridgehead atoms. The lowest BCUT2D eigenvalue weighted by molar-refractivity contribution is 0.0958. The van der Waals surface area contributed by atoms with Crippen LogP contribution in [0.5, 0.6) is 0 Å². The summed E-state index contributed by atoms with van der Waals surface area (Å²) < 4.78 is 0. The van der Waals surface area contributed by atoms with Crippen molar-refractivity contribution in [1.82, 2.24) is 5.32 Å². The molecule has 21 heavy (non-hydrogen) atoms. The summed E-state index contributed by atoms with van der Waals surface area (Å²) in [6.07, 6.45) is 4.37. The normalized spacial score (nSPS) is 19.9. The molecule has 0 spiro atoms. The van der Waals surface area contributed by atoms with Crippen LogP contribution in [0.3, 0.4) is 0 Å². The summed E-state index contributed by atoms with van der Waals surface area (Å²) in [5.41, 5.74) is 6.67. The summed E-state index contributed by atoms with van der Waals surface area (Å²) in [5, 5.41) is 16.2. The number of carbonyl (C=O) groups is 1. The van der Waals surface area contributed by atoms with Gasteiger partial charge in [-0.1, -0.05) is 20.3 Å². The van der Waals surface area contributed by atoms with Gasteiger partial charge in [-0.2, -0.15) is 5.26 Å². The van der Waals surface area contributed by atoms with Crippen molar-refractivity contribution >= 4 is 27.9 Å². The molecule has 2 unspecified atom stereocenters. The van der Waals surface area contributed by atoms with E-state index >= 15 is 0 Å². The van der Waals surface area contributed by atoms with Crippen LogP contribution in [0.4, 0.5) is 10.7 Å². The predicted molar refractivity (Wildman–Crippen MR) is 86.5 cm³/mol. The van der Waals surface area contributed by atoms with Crippen molar-refractivity contribution in [3.8, 4) is 6.07 Å². The molecule has 1 aromatic rings. The van der Waals surface area contributed by atoms with Gasteiger partial charge in [-0.3, -0.25) is 4.79 Å². The minimum Gasteiger partial charge on any atom is -0.396 e. The highest BCUT2D eigenvalue weighted by Gasteiger charge is 2.37. The Labute approximate surface area is 129 Å². The third kappa shape index (κ3) is 3.48. The Morgan fingerprint density at radius 2 is 2.24 bits per heavy atom. The van der Waals surface area contributed by atoms with E-state index in [-0.39, 0.29) is 5.91 Å². The number of anilines is 2. The van der Waals surface area contributed by atoms with Crippen LogP contribution in [-0.2, 0) is 0 Å². The van der Waals surface area contributed by atoms with Crippen LogP contribution in [0.25, 0.3) is 0 Å². The Bertz CT molecular complexity index is 561. The fourth-order valence-electron chi connectivity index (χ4n) is 2.43. The number of nitrogen functional groups attached to an aromatic ring is 1. The van der Waals surface area contributed by atoms with Crippen LogP contribution in [-0.4, -0.2) is 18.5 Å². The van der Waals surface area contributed by atoms with Crippen LogP contribution in [0.2, 0.25) is 0 Å². The number of nitrogens with one attached hydrogen (secondary N) is 2. The molecule has 6 heteroatoms. The van der Waals surface area contributed by atoms with Crippen LogP contribution < -0.4 is 16.4 Å². The van der Waals surface area contributed by atoms with Crippen LogP contribution >= 0.6 is 11.3 Å². The van der Waals surface area contributed by atoms with Crippen LogP contribution in [0.15, 0.2) is 0 Å². The lowest BCUT2D eigenvalue weighted by Crippen LogP contribution is -2.23. The SMILES string of the molecule is CCCNC(=O)c1sc(NC2CC2CCC)c(C#N)c1N. The van der Waals surface area contributed by atoms with Crippen molar-refractivity contribution < 1.29 is 4.79 Å². The molecule has 0 aromatic carbocycles. The third-order valence-corrected chi connectivity index (χ3v) is 4.83. The average Bonchev–Trinajstić information content (AvgIpc) is 3.11. The van der Waals surface area contributed by atoms with Crippen molar-refractivity contribution in [2.45, 2.75) is 45.6 Å². The summed E-state index contributed by atoms with van der Waals surface area (Å²) >= 11 is 1.29.